The zero-order valence-electron chi connectivity index (χ0n) is 8.74. The predicted octanol–water partition coefficient (Wildman–Crippen LogP) is 3.40. The number of aromatic nitrogens is 1. The largest absolute Gasteiger partial charge is 0.346 e. The molecular formula is C13H8FNOS. The molecule has 2 aromatic heterocycles. The molecule has 0 fully saturated rings. The van der Waals surface area contributed by atoms with Crippen molar-refractivity contribution in [3.63, 3.8) is 0 Å². The van der Waals surface area contributed by atoms with Gasteiger partial charge < -0.3 is 4.98 Å². The van der Waals surface area contributed by atoms with E-state index in [1.807, 2.05) is 5.38 Å². The molecule has 0 aliphatic heterocycles. The van der Waals surface area contributed by atoms with Gasteiger partial charge in [-0.2, -0.15) is 0 Å². The zero-order chi connectivity index (χ0) is 11.8. The van der Waals surface area contributed by atoms with Crippen molar-refractivity contribution in [3.8, 4) is 11.3 Å². The van der Waals surface area contributed by atoms with Crippen LogP contribution in [0.15, 0.2) is 46.6 Å². The number of hydrogen-bond donors (Lipinski definition) is 1. The number of rotatable bonds is 1. The quantitative estimate of drug-likeness (QED) is 0.700. The van der Waals surface area contributed by atoms with Crippen molar-refractivity contribution in [1.29, 1.82) is 0 Å². The molecule has 0 aliphatic carbocycles. The lowest BCUT2D eigenvalue weighted by Crippen LogP contribution is -2.00. The fraction of sp³-hybridized carbons (Fsp3) is 0. The van der Waals surface area contributed by atoms with E-state index in [1.54, 1.807) is 24.3 Å². The molecule has 0 unspecified atom stereocenters. The zero-order valence-corrected chi connectivity index (χ0v) is 9.55. The molecule has 17 heavy (non-hydrogen) atoms. The van der Waals surface area contributed by atoms with Gasteiger partial charge in [0.1, 0.15) is 10.6 Å². The van der Waals surface area contributed by atoms with Gasteiger partial charge in [-0.05, 0) is 41.3 Å². The van der Waals surface area contributed by atoms with Crippen molar-refractivity contribution in [2.24, 2.45) is 0 Å². The molecule has 2 heterocycles. The summed E-state index contributed by atoms with van der Waals surface area (Å²) in [6.45, 7) is 0. The molecule has 0 spiro atoms. The van der Waals surface area contributed by atoms with Crippen molar-refractivity contribution < 1.29 is 4.39 Å². The molecule has 3 rings (SSSR count). The molecular weight excluding hydrogens is 237 g/mol. The first kappa shape index (κ1) is 10.2. The van der Waals surface area contributed by atoms with E-state index >= 15 is 0 Å². The number of H-pyrrole nitrogens is 1. The third-order valence-corrected chi connectivity index (χ3v) is 3.44. The number of thiophene rings is 1. The SMILES string of the molecule is O=c1cc(-c2ccc(F)cc2)[nH]c2sccc12. The molecule has 3 aromatic rings. The van der Waals surface area contributed by atoms with Crippen molar-refractivity contribution >= 4 is 21.6 Å². The number of halogens is 1. The lowest BCUT2D eigenvalue weighted by molar-refractivity contribution is 0.628. The van der Waals surface area contributed by atoms with Gasteiger partial charge in [0.25, 0.3) is 0 Å². The minimum Gasteiger partial charge on any atom is -0.346 e. The van der Waals surface area contributed by atoms with Gasteiger partial charge in [0.05, 0.1) is 11.1 Å². The molecule has 0 saturated heterocycles. The van der Waals surface area contributed by atoms with Crippen LogP contribution >= 0.6 is 11.3 Å². The lowest BCUT2D eigenvalue weighted by Gasteiger charge is -2.01. The third-order valence-electron chi connectivity index (χ3n) is 2.61. The van der Waals surface area contributed by atoms with Crippen LogP contribution in [0.5, 0.6) is 0 Å². The summed E-state index contributed by atoms with van der Waals surface area (Å²) in [7, 11) is 0. The Kier molecular flexibility index (Phi) is 2.30. The first-order chi connectivity index (χ1) is 8.24. The average molecular weight is 245 g/mol. The first-order valence-corrected chi connectivity index (χ1v) is 5.98. The highest BCUT2D eigenvalue weighted by Crippen LogP contribution is 2.21. The topological polar surface area (TPSA) is 32.9 Å². The predicted molar refractivity (Wildman–Crippen MR) is 67.8 cm³/mol. The maximum absolute atomic E-state index is 12.8. The molecule has 4 heteroatoms. The van der Waals surface area contributed by atoms with Crippen molar-refractivity contribution in [1.82, 2.24) is 4.98 Å². The van der Waals surface area contributed by atoms with E-state index < -0.39 is 0 Å². The standard InChI is InChI=1S/C13H8FNOS/c14-9-3-1-8(2-4-9)11-7-12(16)10-5-6-17-13(10)15-11/h1-7H,(H,15,16). The van der Waals surface area contributed by atoms with Crippen LogP contribution in [0.25, 0.3) is 21.5 Å². The number of hydrogen-bond acceptors (Lipinski definition) is 2. The van der Waals surface area contributed by atoms with Crippen molar-refractivity contribution in [2.75, 3.05) is 0 Å². The Labute approximate surface area is 100 Å². The van der Waals surface area contributed by atoms with Crippen LogP contribution in [0, 0.1) is 5.82 Å². The van der Waals surface area contributed by atoms with Crippen LogP contribution in [0.4, 0.5) is 4.39 Å². The molecule has 0 radical (unpaired) electrons. The van der Waals surface area contributed by atoms with Gasteiger partial charge in [0.2, 0.25) is 0 Å². The molecule has 0 bridgehead atoms. The van der Waals surface area contributed by atoms with Crippen LogP contribution in [0.1, 0.15) is 0 Å². The summed E-state index contributed by atoms with van der Waals surface area (Å²) in [6, 6.07) is 9.41. The number of pyridine rings is 1. The van der Waals surface area contributed by atoms with E-state index in [0.717, 1.165) is 10.4 Å². The van der Waals surface area contributed by atoms with Gasteiger partial charge in [0.15, 0.2) is 5.43 Å². The molecule has 0 atom stereocenters. The molecule has 1 aromatic carbocycles. The van der Waals surface area contributed by atoms with Gasteiger partial charge in [-0.3, -0.25) is 4.79 Å². The Morgan fingerprint density at radius 1 is 1.12 bits per heavy atom. The second-order valence-corrected chi connectivity index (χ2v) is 4.63. The number of benzene rings is 1. The molecule has 84 valence electrons. The minimum atomic E-state index is -0.284. The Balaban J connectivity index is 2.23. The highest BCUT2D eigenvalue weighted by atomic mass is 32.1. The number of aromatic amines is 1. The molecule has 2 nitrogen and oxygen atoms in total. The van der Waals surface area contributed by atoms with Gasteiger partial charge in [-0.15, -0.1) is 11.3 Å². The Hall–Kier alpha value is -1.94. The third kappa shape index (κ3) is 1.76. The highest BCUT2D eigenvalue weighted by molar-refractivity contribution is 7.16. The van der Waals surface area contributed by atoms with E-state index in [0.29, 0.717) is 11.1 Å². The van der Waals surface area contributed by atoms with E-state index in [2.05, 4.69) is 4.98 Å². The van der Waals surface area contributed by atoms with Crippen molar-refractivity contribution in [3.05, 3.63) is 57.8 Å². The second-order valence-electron chi connectivity index (χ2n) is 3.72. The van der Waals surface area contributed by atoms with Crippen LogP contribution in [0.3, 0.4) is 0 Å². The minimum absolute atomic E-state index is 0.0145. The van der Waals surface area contributed by atoms with Gasteiger partial charge in [-0.1, -0.05) is 0 Å². The summed E-state index contributed by atoms with van der Waals surface area (Å²) < 4.78 is 12.8. The molecule has 0 amide bonds. The Bertz CT molecular complexity index is 727. The summed E-state index contributed by atoms with van der Waals surface area (Å²) in [4.78, 5) is 15.8. The lowest BCUT2D eigenvalue weighted by atomic mass is 10.1. The van der Waals surface area contributed by atoms with E-state index in [1.165, 1.54) is 23.5 Å². The number of nitrogens with one attached hydrogen (secondary N) is 1. The molecule has 1 N–H and O–H groups in total. The van der Waals surface area contributed by atoms with Crippen molar-refractivity contribution in [2.45, 2.75) is 0 Å². The molecule has 0 saturated carbocycles. The van der Waals surface area contributed by atoms with Crippen LogP contribution in [0.2, 0.25) is 0 Å². The summed E-state index contributed by atoms with van der Waals surface area (Å²) in [5.41, 5.74) is 1.50. The van der Waals surface area contributed by atoms with Gasteiger partial charge in [-0.25, -0.2) is 4.39 Å². The maximum Gasteiger partial charge on any atom is 0.190 e. The smallest absolute Gasteiger partial charge is 0.190 e. The summed E-state index contributed by atoms with van der Waals surface area (Å²) in [5, 5.41) is 2.57. The first-order valence-electron chi connectivity index (χ1n) is 5.10. The maximum atomic E-state index is 12.8. The Morgan fingerprint density at radius 2 is 1.88 bits per heavy atom. The van der Waals surface area contributed by atoms with Crippen LogP contribution in [-0.4, -0.2) is 4.98 Å². The average Bonchev–Trinajstić information content (AvgIpc) is 2.78. The summed E-state index contributed by atoms with van der Waals surface area (Å²) in [5.74, 6) is -0.284. The fourth-order valence-electron chi connectivity index (χ4n) is 1.75. The van der Waals surface area contributed by atoms with E-state index in [9.17, 15) is 9.18 Å². The second kappa shape index (κ2) is 3.82. The normalized spacial score (nSPS) is 10.9. The van der Waals surface area contributed by atoms with Crippen LogP contribution in [-0.2, 0) is 0 Å². The highest BCUT2D eigenvalue weighted by Gasteiger charge is 2.04. The monoisotopic (exact) mass is 245 g/mol. The fourth-order valence-corrected chi connectivity index (χ4v) is 2.56. The van der Waals surface area contributed by atoms with E-state index in [4.69, 9.17) is 0 Å². The summed E-state index contributed by atoms with van der Waals surface area (Å²) in [6.07, 6.45) is 0. The number of fused-ring (bicyclic) bond motifs is 1. The van der Waals surface area contributed by atoms with Crippen LogP contribution < -0.4 is 5.43 Å². The van der Waals surface area contributed by atoms with E-state index in [-0.39, 0.29) is 11.2 Å². The van der Waals surface area contributed by atoms with Gasteiger partial charge >= 0.3 is 0 Å². The molecule has 0 aliphatic rings. The Morgan fingerprint density at radius 3 is 2.65 bits per heavy atom. The van der Waals surface area contributed by atoms with Gasteiger partial charge in [0, 0.05) is 6.07 Å². The summed E-state index contributed by atoms with van der Waals surface area (Å²) >= 11 is 1.48.